The lowest BCUT2D eigenvalue weighted by Crippen LogP contribution is -2.25. The summed E-state index contributed by atoms with van der Waals surface area (Å²) in [6.07, 6.45) is 1.98. The van der Waals surface area contributed by atoms with E-state index < -0.39 is 10.8 Å². The average molecular weight is 445 g/mol. The zero-order valence-corrected chi connectivity index (χ0v) is 17.5. The van der Waals surface area contributed by atoms with Crippen LogP contribution in [0.4, 0.5) is 5.82 Å². The van der Waals surface area contributed by atoms with Gasteiger partial charge in [-0.25, -0.2) is 9.78 Å². The Bertz CT molecular complexity index is 1030. The number of pyridine rings is 1. The topological polar surface area (TPSA) is 86.1 Å². The highest BCUT2D eigenvalue weighted by atomic mass is 79.9. The number of hydrogen-bond donors (Lipinski definition) is 1. The van der Waals surface area contributed by atoms with E-state index in [1.54, 1.807) is 6.92 Å². The summed E-state index contributed by atoms with van der Waals surface area (Å²) in [4.78, 5) is 29.1. The first-order valence-electron chi connectivity index (χ1n) is 9.03. The molecule has 7 nitrogen and oxygen atoms in total. The Morgan fingerprint density at radius 2 is 2.04 bits per heavy atom. The van der Waals surface area contributed by atoms with E-state index in [1.165, 1.54) is 10.9 Å². The Morgan fingerprint density at radius 1 is 1.29 bits per heavy atom. The number of carbonyl (C=O) groups excluding carboxylic acids is 2. The molecule has 2 heterocycles. The van der Waals surface area contributed by atoms with Crippen molar-refractivity contribution in [2.45, 2.75) is 32.0 Å². The Hall–Kier alpha value is -2.74. The number of aromatic nitrogens is 3. The van der Waals surface area contributed by atoms with E-state index >= 15 is 0 Å². The lowest BCUT2D eigenvalue weighted by molar-refractivity contribution is -0.115. The highest BCUT2D eigenvalue weighted by molar-refractivity contribution is 9.10. The number of fused-ring (bicyclic) bond motifs is 1. The molecule has 3 rings (SSSR count). The van der Waals surface area contributed by atoms with Crippen molar-refractivity contribution in [1.82, 2.24) is 14.8 Å². The van der Waals surface area contributed by atoms with Gasteiger partial charge in [-0.1, -0.05) is 41.1 Å². The van der Waals surface area contributed by atoms with Crippen LogP contribution in [-0.4, -0.2) is 38.1 Å². The van der Waals surface area contributed by atoms with Crippen molar-refractivity contribution in [2.24, 2.45) is 0 Å². The van der Waals surface area contributed by atoms with Crippen molar-refractivity contribution >= 4 is 44.5 Å². The van der Waals surface area contributed by atoms with E-state index in [4.69, 9.17) is 4.74 Å². The number of aryl methyl sites for hydroxylation is 1. The first-order chi connectivity index (χ1) is 13.5. The summed E-state index contributed by atoms with van der Waals surface area (Å²) < 4.78 is 6.56. The fourth-order valence-corrected chi connectivity index (χ4v) is 2.94. The molecule has 0 aliphatic carbocycles. The van der Waals surface area contributed by atoms with Gasteiger partial charge in [-0.3, -0.25) is 4.79 Å². The Kier molecular flexibility index (Phi) is 6.08. The second-order valence-electron chi connectivity index (χ2n) is 6.22. The number of nitrogens with one attached hydrogen (secondary N) is 1. The van der Waals surface area contributed by atoms with Crippen molar-refractivity contribution in [3.05, 3.63) is 47.7 Å². The molecule has 0 saturated carbocycles. The van der Waals surface area contributed by atoms with Gasteiger partial charge in [0.25, 0.3) is 0 Å². The van der Waals surface area contributed by atoms with Crippen molar-refractivity contribution in [3.63, 3.8) is 0 Å². The maximum absolute atomic E-state index is 12.5. The Labute approximate surface area is 171 Å². The van der Waals surface area contributed by atoms with Gasteiger partial charge in [-0.15, -0.1) is 0 Å². The van der Waals surface area contributed by atoms with Crippen LogP contribution in [0.2, 0.25) is 0 Å². The van der Waals surface area contributed by atoms with E-state index in [0.717, 1.165) is 16.5 Å². The predicted octanol–water partition coefficient (Wildman–Crippen LogP) is 4.02. The van der Waals surface area contributed by atoms with Crippen LogP contribution in [0.5, 0.6) is 0 Å². The number of carbonyl (C=O) groups is 2. The summed E-state index contributed by atoms with van der Waals surface area (Å²) in [7, 11) is 0. The van der Waals surface area contributed by atoms with Crippen molar-refractivity contribution in [2.75, 3.05) is 11.9 Å². The molecule has 1 amide bonds. The zero-order chi connectivity index (χ0) is 20.3. The normalized spacial score (nSPS) is 12.0. The number of para-hydroxylation sites is 1. The minimum Gasteiger partial charge on any atom is -0.462 e. The second kappa shape index (κ2) is 8.52. The summed E-state index contributed by atoms with van der Waals surface area (Å²) in [5.41, 5.74) is 1.99. The smallest absolute Gasteiger partial charge is 0.343 e. The Morgan fingerprint density at radius 3 is 2.75 bits per heavy atom. The quantitative estimate of drug-likeness (QED) is 0.458. The van der Waals surface area contributed by atoms with Crippen LogP contribution < -0.4 is 5.32 Å². The summed E-state index contributed by atoms with van der Waals surface area (Å²) in [5, 5.41) is 8.12. The van der Waals surface area contributed by atoms with Crippen LogP contribution in [-0.2, 0) is 9.53 Å². The van der Waals surface area contributed by atoms with Crippen molar-refractivity contribution in [1.29, 1.82) is 0 Å². The first-order valence-corrected chi connectivity index (χ1v) is 9.94. The van der Waals surface area contributed by atoms with E-state index in [0.29, 0.717) is 12.2 Å². The molecule has 1 atom stereocenters. The highest BCUT2D eigenvalue weighted by Gasteiger charge is 2.24. The van der Waals surface area contributed by atoms with Crippen molar-refractivity contribution in [3.8, 4) is 5.82 Å². The minimum absolute atomic E-state index is 0.179. The number of nitrogens with zero attached hydrogens (tertiary/aromatic N) is 3. The standard InChI is InChI=1S/C20H21BrN4O3/c1-4-15(21)19(26)24-18-14(20(27)28-5-2)11-22-25(18)17-10-12(3)13-8-6-7-9-16(13)23-17/h6-11,15H,4-5H2,1-3H3,(H,24,26). The number of hydrogen-bond acceptors (Lipinski definition) is 5. The lowest BCUT2D eigenvalue weighted by Gasteiger charge is -2.13. The number of benzene rings is 1. The predicted molar refractivity (Wildman–Crippen MR) is 111 cm³/mol. The molecule has 0 aliphatic heterocycles. The SMILES string of the molecule is CCOC(=O)c1cnn(-c2cc(C)c3ccccc3n2)c1NC(=O)C(Br)CC. The van der Waals surface area contributed by atoms with Gasteiger partial charge < -0.3 is 10.1 Å². The minimum atomic E-state index is -0.552. The third-order valence-corrected chi connectivity index (χ3v) is 5.34. The largest absolute Gasteiger partial charge is 0.462 e. The van der Waals surface area contributed by atoms with E-state index in [2.05, 4.69) is 31.3 Å². The number of rotatable bonds is 6. The molecule has 0 aliphatic rings. The third kappa shape index (κ3) is 3.91. The van der Waals surface area contributed by atoms with Gasteiger partial charge in [0.15, 0.2) is 11.6 Å². The molecule has 0 spiro atoms. The Balaban J connectivity index is 2.12. The van der Waals surface area contributed by atoms with Crippen LogP contribution in [0.15, 0.2) is 36.5 Å². The average Bonchev–Trinajstić information content (AvgIpc) is 3.11. The fourth-order valence-electron chi connectivity index (χ4n) is 2.82. The molecule has 0 bridgehead atoms. The van der Waals surface area contributed by atoms with Gasteiger partial charge in [0, 0.05) is 5.39 Å². The number of amides is 1. The highest BCUT2D eigenvalue weighted by Crippen LogP contribution is 2.25. The molecule has 8 heteroatoms. The van der Waals surface area contributed by atoms with Crippen LogP contribution in [0.3, 0.4) is 0 Å². The van der Waals surface area contributed by atoms with Gasteiger partial charge >= 0.3 is 5.97 Å². The summed E-state index contributed by atoms with van der Waals surface area (Å²) in [6.45, 7) is 5.81. The van der Waals surface area contributed by atoms with E-state index in [-0.39, 0.29) is 23.9 Å². The van der Waals surface area contributed by atoms with E-state index in [9.17, 15) is 9.59 Å². The summed E-state index contributed by atoms with van der Waals surface area (Å²) in [6, 6.07) is 9.63. The number of esters is 1. The zero-order valence-electron chi connectivity index (χ0n) is 15.9. The molecule has 2 aromatic heterocycles. The van der Waals surface area contributed by atoms with Gasteiger partial charge in [-0.2, -0.15) is 9.78 Å². The molecule has 0 radical (unpaired) electrons. The van der Waals surface area contributed by atoms with Gasteiger partial charge in [0.1, 0.15) is 5.56 Å². The maximum atomic E-state index is 12.5. The number of alkyl halides is 1. The number of anilines is 1. The molecule has 3 aromatic rings. The number of ether oxygens (including phenoxy) is 1. The van der Waals surface area contributed by atoms with Crippen molar-refractivity contribution < 1.29 is 14.3 Å². The fraction of sp³-hybridized carbons (Fsp3) is 0.300. The van der Waals surface area contributed by atoms with Gasteiger partial charge in [0.05, 0.1) is 23.1 Å². The third-order valence-electron chi connectivity index (χ3n) is 4.28. The summed E-state index contributed by atoms with van der Waals surface area (Å²) in [5.74, 6) is -0.0790. The van der Waals surface area contributed by atoms with Crippen LogP contribution in [0, 0.1) is 6.92 Å². The lowest BCUT2D eigenvalue weighted by atomic mass is 10.1. The molecule has 0 fully saturated rings. The molecule has 1 N–H and O–H groups in total. The monoisotopic (exact) mass is 444 g/mol. The number of halogens is 1. The molecular formula is C20H21BrN4O3. The van der Waals surface area contributed by atoms with Crippen LogP contribution in [0.1, 0.15) is 36.2 Å². The summed E-state index contributed by atoms with van der Waals surface area (Å²) >= 11 is 3.33. The molecule has 1 aromatic carbocycles. The first kappa shape index (κ1) is 20.0. The van der Waals surface area contributed by atoms with Crippen LogP contribution >= 0.6 is 15.9 Å². The molecule has 28 heavy (non-hydrogen) atoms. The molecular weight excluding hydrogens is 424 g/mol. The van der Waals surface area contributed by atoms with Gasteiger partial charge in [0.2, 0.25) is 5.91 Å². The van der Waals surface area contributed by atoms with Crippen LogP contribution in [0.25, 0.3) is 16.7 Å². The second-order valence-corrected chi connectivity index (χ2v) is 7.32. The molecule has 0 saturated heterocycles. The van der Waals surface area contributed by atoms with Gasteiger partial charge in [-0.05, 0) is 38.0 Å². The molecule has 146 valence electrons. The molecule has 1 unspecified atom stereocenters. The van der Waals surface area contributed by atoms with E-state index in [1.807, 2.05) is 44.2 Å². The maximum Gasteiger partial charge on any atom is 0.343 e.